The van der Waals surface area contributed by atoms with Gasteiger partial charge < -0.3 is 0 Å². The SMILES string of the molecule is Cc1cc(C)cc(-c2c3cc4ccccc4cc3cc[n+]2C)c1. The van der Waals surface area contributed by atoms with E-state index in [2.05, 4.69) is 92.3 Å². The van der Waals surface area contributed by atoms with Gasteiger partial charge in [0.25, 0.3) is 0 Å². The van der Waals surface area contributed by atoms with Crippen molar-refractivity contribution in [1.82, 2.24) is 0 Å². The van der Waals surface area contributed by atoms with Crippen LogP contribution >= 0.6 is 0 Å². The van der Waals surface area contributed by atoms with Crippen LogP contribution in [-0.4, -0.2) is 0 Å². The van der Waals surface area contributed by atoms with Crippen molar-refractivity contribution in [3.63, 3.8) is 0 Å². The fourth-order valence-corrected chi connectivity index (χ4v) is 3.53. The second-order valence-electron chi connectivity index (χ2n) is 6.44. The third-order valence-corrected chi connectivity index (χ3v) is 4.50. The first-order valence-electron chi connectivity index (χ1n) is 8.02. The summed E-state index contributed by atoms with van der Waals surface area (Å²) in [5, 5.41) is 5.17. The first-order chi connectivity index (χ1) is 11.1. The number of hydrogen-bond donors (Lipinski definition) is 0. The van der Waals surface area contributed by atoms with Crippen LogP contribution in [-0.2, 0) is 7.05 Å². The molecule has 1 nitrogen and oxygen atoms in total. The van der Waals surface area contributed by atoms with Gasteiger partial charge in [-0.05, 0) is 54.3 Å². The highest BCUT2D eigenvalue weighted by atomic mass is 14.9. The maximum absolute atomic E-state index is 2.32. The van der Waals surface area contributed by atoms with Crippen LogP contribution in [0.15, 0.2) is 66.9 Å². The molecular weight excluding hydrogens is 278 g/mol. The molecule has 1 heterocycles. The summed E-state index contributed by atoms with van der Waals surface area (Å²) in [7, 11) is 2.13. The number of nitrogens with zero attached hydrogens (tertiary/aromatic N) is 1. The Bertz CT molecular complexity index is 1020. The Hall–Kier alpha value is -2.67. The number of aryl methyl sites for hydroxylation is 3. The van der Waals surface area contributed by atoms with Gasteiger partial charge in [-0.15, -0.1) is 0 Å². The highest BCUT2D eigenvalue weighted by Gasteiger charge is 2.16. The first-order valence-corrected chi connectivity index (χ1v) is 8.02. The quantitative estimate of drug-likeness (QED) is 0.340. The van der Waals surface area contributed by atoms with Gasteiger partial charge >= 0.3 is 0 Å². The summed E-state index contributed by atoms with van der Waals surface area (Å²) in [6.45, 7) is 4.33. The Morgan fingerprint density at radius 3 is 2.04 bits per heavy atom. The molecule has 0 N–H and O–H groups in total. The largest absolute Gasteiger partial charge is 0.220 e. The number of fused-ring (bicyclic) bond motifs is 2. The lowest BCUT2D eigenvalue weighted by atomic mass is 9.97. The predicted octanol–water partition coefficient (Wildman–Crippen LogP) is 5.10. The molecule has 0 bridgehead atoms. The van der Waals surface area contributed by atoms with E-state index < -0.39 is 0 Å². The molecule has 4 aromatic rings. The highest BCUT2D eigenvalue weighted by molar-refractivity contribution is 6.02. The van der Waals surface area contributed by atoms with Crippen molar-refractivity contribution >= 4 is 21.5 Å². The van der Waals surface area contributed by atoms with Crippen LogP contribution in [0.1, 0.15) is 11.1 Å². The van der Waals surface area contributed by atoms with Gasteiger partial charge in [0.2, 0.25) is 5.69 Å². The molecule has 0 aliphatic carbocycles. The fraction of sp³-hybridized carbons (Fsp3) is 0.136. The highest BCUT2D eigenvalue weighted by Crippen LogP contribution is 2.30. The van der Waals surface area contributed by atoms with E-state index in [1.165, 1.54) is 43.9 Å². The molecule has 3 aromatic carbocycles. The minimum Gasteiger partial charge on any atom is -0.200 e. The van der Waals surface area contributed by atoms with Gasteiger partial charge in [-0.2, -0.15) is 0 Å². The van der Waals surface area contributed by atoms with Gasteiger partial charge in [0.1, 0.15) is 7.05 Å². The van der Waals surface area contributed by atoms with Crippen LogP contribution in [0.25, 0.3) is 32.8 Å². The molecule has 0 amide bonds. The number of hydrogen-bond acceptors (Lipinski definition) is 0. The Kier molecular flexibility index (Phi) is 3.16. The maximum Gasteiger partial charge on any atom is 0.220 e. The van der Waals surface area contributed by atoms with Crippen LogP contribution in [0.4, 0.5) is 0 Å². The summed E-state index contributed by atoms with van der Waals surface area (Å²) in [6.07, 6.45) is 2.16. The van der Waals surface area contributed by atoms with Crippen molar-refractivity contribution in [1.29, 1.82) is 0 Å². The zero-order chi connectivity index (χ0) is 16.0. The molecule has 0 saturated carbocycles. The van der Waals surface area contributed by atoms with E-state index >= 15 is 0 Å². The lowest BCUT2D eigenvalue weighted by molar-refractivity contribution is -0.659. The molecular formula is C22H20N+. The molecule has 1 aromatic heterocycles. The molecule has 112 valence electrons. The van der Waals surface area contributed by atoms with Crippen molar-refractivity contribution < 1.29 is 4.57 Å². The topological polar surface area (TPSA) is 3.88 Å². The molecule has 0 unspecified atom stereocenters. The smallest absolute Gasteiger partial charge is 0.200 e. The summed E-state index contributed by atoms with van der Waals surface area (Å²) in [5.74, 6) is 0. The first kappa shape index (κ1) is 14.0. The molecule has 4 rings (SSSR count). The third-order valence-electron chi connectivity index (χ3n) is 4.50. The number of benzene rings is 3. The molecule has 0 fully saturated rings. The van der Waals surface area contributed by atoms with E-state index in [0.717, 1.165) is 0 Å². The van der Waals surface area contributed by atoms with Crippen LogP contribution in [0.3, 0.4) is 0 Å². The second-order valence-corrected chi connectivity index (χ2v) is 6.44. The van der Waals surface area contributed by atoms with Crippen molar-refractivity contribution in [3.05, 3.63) is 78.0 Å². The van der Waals surface area contributed by atoms with Gasteiger partial charge in [0.15, 0.2) is 6.20 Å². The van der Waals surface area contributed by atoms with Gasteiger partial charge in [-0.25, -0.2) is 4.57 Å². The summed E-state index contributed by atoms with van der Waals surface area (Å²) < 4.78 is 2.23. The Morgan fingerprint density at radius 1 is 0.696 bits per heavy atom. The van der Waals surface area contributed by atoms with Gasteiger partial charge in [-0.1, -0.05) is 41.5 Å². The standard InChI is InChI=1S/C22H20N/c1-15-10-16(2)12-20(11-15)22-21-14-18-7-5-4-6-17(18)13-19(21)8-9-23(22)3/h4-14H,1-3H3/q+1. The summed E-state index contributed by atoms with van der Waals surface area (Å²) in [6, 6.07) is 22.2. The average molecular weight is 298 g/mol. The average Bonchev–Trinajstić information content (AvgIpc) is 2.52. The Labute approximate surface area is 136 Å². The Balaban J connectivity index is 2.12. The van der Waals surface area contributed by atoms with Crippen molar-refractivity contribution in [2.24, 2.45) is 7.05 Å². The summed E-state index contributed by atoms with van der Waals surface area (Å²) >= 11 is 0. The van der Waals surface area contributed by atoms with E-state index in [4.69, 9.17) is 0 Å². The van der Waals surface area contributed by atoms with E-state index in [1.54, 1.807) is 0 Å². The van der Waals surface area contributed by atoms with Gasteiger partial charge in [-0.3, -0.25) is 0 Å². The van der Waals surface area contributed by atoms with Crippen LogP contribution in [0.5, 0.6) is 0 Å². The van der Waals surface area contributed by atoms with Crippen LogP contribution in [0, 0.1) is 13.8 Å². The molecule has 0 atom stereocenters. The van der Waals surface area contributed by atoms with Gasteiger partial charge in [0, 0.05) is 11.6 Å². The minimum absolute atomic E-state index is 1.28. The van der Waals surface area contributed by atoms with E-state index in [0.29, 0.717) is 0 Å². The van der Waals surface area contributed by atoms with E-state index in [1.807, 2.05) is 0 Å². The number of rotatable bonds is 1. The summed E-state index contributed by atoms with van der Waals surface area (Å²) in [5.41, 5.74) is 5.17. The van der Waals surface area contributed by atoms with Crippen molar-refractivity contribution in [2.75, 3.05) is 0 Å². The maximum atomic E-state index is 2.32. The zero-order valence-corrected chi connectivity index (χ0v) is 13.8. The van der Waals surface area contributed by atoms with Crippen molar-refractivity contribution in [2.45, 2.75) is 13.8 Å². The predicted molar refractivity (Wildman–Crippen MR) is 97.5 cm³/mol. The summed E-state index contributed by atoms with van der Waals surface area (Å²) in [4.78, 5) is 0. The number of pyridine rings is 1. The van der Waals surface area contributed by atoms with Crippen LogP contribution < -0.4 is 4.57 Å². The lowest BCUT2D eigenvalue weighted by Crippen LogP contribution is -2.30. The Morgan fingerprint density at radius 2 is 1.35 bits per heavy atom. The van der Waals surface area contributed by atoms with E-state index in [-0.39, 0.29) is 0 Å². The minimum atomic E-state index is 1.28. The third kappa shape index (κ3) is 2.39. The fourth-order valence-electron chi connectivity index (χ4n) is 3.53. The van der Waals surface area contributed by atoms with Crippen molar-refractivity contribution in [3.8, 4) is 11.3 Å². The normalized spacial score (nSPS) is 11.3. The second kappa shape index (κ2) is 5.20. The molecule has 0 aliphatic rings. The molecule has 0 saturated heterocycles. The molecule has 0 spiro atoms. The van der Waals surface area contributed by atoms with E-state index in [9.17, 15) is 0 Å². The lowest BCUT2D eigenvalue weighted by Gasteiger charge is -2.08. The molecule has 1 heteroatoms. The monoisotopic (exact) mass is 298 g/mol. The molecule has 0 radical (unpaired) electrons. The zero-order valence-electron chi connectivity index (χ0n) is 13.8. The number of aromatic nitrogens is 1. The van der Waals surface area contributed by atoms with Crippen LogP contribution in [0.2, 0.25) is 0 Å². The molecule has 0 aliphatic heterocycles. The molecule has 23 heavy (non-hydrogen) atoms. The van der Waals surface area contributed by atoms with Gasteiger partial charge in [0.05, 0.1) is 5.39 Å².